The van der Waals surface area contributed by atoms with E-state index < -0.39 is 0 Å². The van der Waals surface area contributed by atoms with E-state index in [-0.39, 0.29) is 17.4 Å². The Labute approximate surface area is 128 Å². The maximum Gasteiger partial charge on any atom is 0.220 e. The molecule has 2 fully saturated rings. The molecule has 0 aromatic heterocycles. The molecule has 1 amide bonds. The first kappa shape index (κ1) is 16.7. The first-order chi connectivity index (χ1) is 10.1. The summed E-state index contributed by atoms with van der Waals surface area (Å²) in [6.45, 7) is 7.17. The second-order valence-corrected chi connectivity index (χ2v) is 6.82. The van der Waals surface area contributed by atoms with Crippen molar-refractivity contribution in [2.75, 3.05) is 39.4 Å². The topological polar surface area (TPSA) is 67.6 Å². The summed E-state index contributed by atoms with van der Waals surface area (Å²) in [6, 6.07) is 0.189. The van der Waals surface area contributed by atoms with E-state index in [0.717, 1.165) is 45.7 Å². The van der Waals surface area contributed by atoms with Crippen LogP contribution in [0, 0.1) is 5.41 Å². The van der Waals surface area contributed by atoms with E-state index >= 15 is 0 Å². The van der Waals surface area contributed by atoms with Gasteiger partial charge in [-0.1, -0.05) is 19.3 Å². The lowest BCUT2D eigenvalue weighted by molar-refractivity contribution is -0.124. The molecular formula is C16H31N3O2. The highest BCUT2D eigenvalue weighted by atomic mass is 16.5. The number of nitrogens with two attached hydrogens (primary N) is 1. The number of carbonyl (C=O) groups excluding carboxylic acids is 1. The maximum atomic E-state index is 12.3. The molecule has 2 rings (SSSR count). The molecule has 3 N–H and O–H groups in total. The zero-order valence-corrected chi connectivity index (χ0v) is 13.4. The van der Waals surface area contributed by atoms with Crippen molar-refractivity contribution in [2.24, 2.45) is 11.1 Å². The van der Waals surface area contributed by atoms with Crippen LogP contribution >= 0.6 is 0 Å². The monoisotopic (exact) mass is 297 g/mol. The summed E-state index contributed by atoms with van der Waals surface area (Å²) < 4.78 is 5.35. The van der Waals surface area contributed by atoms with Crippen LogP contribution < -0.4 is 11.1 Å². The number of carbonyl (C=O) groups is 1. The molecule has 1 heterocycles. The van der Waals surface area contributed by atoms with E-state index in [9.17, 15) is 4.79 Å². The van der Waals surface area contributed by atoms with Gasteiger partial charge in [0.15, 0.2) is 0 Å². The van der Waals surface area contributed by atoms with E-state index in [4.69, 9.17) is 10.5 Å². The van der Waals surface area contributed by atoms with Crippen LogP contribution in [0.1, 0.15) is 45.4 Å². The minimum atomic E-state index is 0.0566. The molecule has 1 aliphatic heterocycles. The fourth-order valence-corrected chi connectivity index (χ4v) is 3.64. The van der Waals surface area contributed by atoms with Crippen LogP contribution in [-0.4, -0.2) is 56.2 Å². The molecule has 21 heavy (non-hydrogen) atoms. The van der Waals surface area contributed by atoms with Crippen LogP contribution in [0.15, 0.2) is 0 Å². The second-order valence-electron chi connectivity index (χ2n) is 6.82. The van der Waals surface area contributed by atoms with Crippen molar-refractivity contribution in [1.29, 1.82) is 0 Å². The van der Waals surface area contributed by atoms with Gasteiger partial charge in [-0.3, -0.25) is 9.69 Å². The van der Waals surface area contributed by atoms with Gasteiger partial charge >= 0.3 is 0 Å². The second kappa shape index (κ2) is 8.11. The summed E-state index contributed by atoms with van der Waals surface area (Å²) in [4.78, 5) is 14.7. The third-order valence-corrected chi connectivity index (χ3v) is 4.93. The fraction of sp³-hybridized carbons (Fsp3) is 0.938. The minimum Gasteiger partial charge on any atom is -0.379 e. The van der Waals surface area contributed by atoms with E-state index in [0.29, 0.717) is 13.0 Å². The number of ether oxygens (including phenoxy) is 1. The molecule has 1 atom stereocenters. The summed E-state index contributed by atoms with van der Waals surface area (Å²) >= 11 is 0. The Morgan fingerprint density at radius 3 is 2.57 bits per heavy atom. The number of amides is 1. The Hall–Kier alpha value is -0.650. The molecule has 0 aromatic rings. The molecule has 122 valence electrons. The van der Waals surface area contributed by atoms with Crippen LogP contribution in [0.5, 0.6) is 0 Å². The Morgan fingerprint density at radius 2 is 1.95 bits per heavy atom. The van der Waals surface area contributed by atoms with Crippen molar-refractivity contribution in [3.63, 3.8) is 0 Å². The molecule has 1 aliphatic carbocycles. The standard InChI is InChI=1S/C16H31N3O2/c1-14(12-19-7-9-21-10-8-19)18-15(20)11-16(13-17)5-3-2-4-6-16/h14H,2-13,17H2,1H3,(H,18,20). The number of hydrogen-bond donors (Lipinski definition) is 2. The number of nitrogens with zero attached hydrogens (tertiary/aromatic N) is 1. The highest BCUT2D eigenvalue weighted by molar-refractivity contribution is 5.77. The highest BCUT2D eigenvalue weighted by Gasteiger charge is 2.33. The van der Waals surface area contributed by atoms with Gasteiger partial charge in [-0.2, -0.15) is 0 Å². The largest absolute Gasteiger partial charge is 0.379 e. The first-order valence-electron chi connectivity index (χ1n) is 8.43. The normalized spacial score (nSPS) is 24.5. The van der Waals surface area contributed by atoms with Crippen molar-refractivity contribution >= 4 is 5.91 Å². The molecule has 5 nitrogen and oxygen atoms in total. The van der Waals surface area contributed by atoms with E-state index in [1.165, 1.54) is 19.3 Å². The van der Waals surface area contributed by atoms with Crippen molar-refractivity contribution < 1.29 is 9.53 Å². The van der Waals surface area contributed by atoms with Gasteiger partial charge in [-0.25, -0.2) is 0 Å². The van der Waals surface area contributed by atoms with Crippen molar-refractivity contribution in [1.82, 2.24) is 10.2 Å². The molecule has 1 unspecified atom stereocenters. The summed E-state index contributed by atoms with van der Waals surface area (Å²) in [5.74, 6) is 0.170. The van der Waals surface area contributed by atoms with E-state index in [1.54, 1.807) is 0 Å². The zero-order chi connectivity index (χ0) is 15.1. The van der Waals surface area contributed by atoms with Crippen LogP contribution in [0.2, 0.25) is 0 Å². The third-order valence-electron chi connectivity index (χ3n) is 4.93. The van der Waals surface area contributed by atoms with E-state index in [2.05, 4.69) is 17.1 Å². The molecule has 0 aromatic carbocycles. The number of morpholine rings is 1. The van der Waals surface area contributed by atoms with Crippen molar-refractivity contribution in [3.05, 3.63) is 0 Å². The van der Waals surface area contributed by atoms with Crippen LogP contribution in [0.3, 0.4) is 0 Å². The van der Waals surface area contributed by atoms with Crippen LogP contribution in [0.4, 0.5) is 0 Å². The van der Waals surface area contributed by atoms with E-state index in [1.807, 2.05) is 0 Å². The molecule has 0 bridgehead atoms. The number of hydrogen-bond acceptors (Lipinski definition) is 4. The van der Waals surface area contributed by atoms with Crippen LogP contribution in [-0.2, 0) is 9.53 Å². The summed E-state index contributed by atoms with van der Waals surface area (Å²) in [5.41, 5.74) is 6.02. The van der Waals surface area contributed by atoms with Gasteiger partial charge in [-0.15, -0.1) is 0 Å². The maximum absolute atomic E-state index is 12.3. The van der Waals surface area contributed by atoms with Gasteiger partial charge in [0.25, 0.3) is 0 Å². The Bertz CT molecular complexity index is 323. The van der Waals surface area contributed by atoms with Crippen molar-refractivity contribution in [2.45, 2.75) is 51.5 Å². The predicted octanol–water partition coefficient (Wildman–Crippen LogP) is 1.12. The lowest BCUT2D eigenvalue weighted by atomic mass is 9.71. The summed E-state index contributed by atoms with van der Waals surface area (Å²) in [5, 5.41) is 3.16. The Balaban J connectivity index is 1.74. The van der Waals surface area contributed by atoms with Gasteiger partial charge in [0, 0.05) is 32.1 Å². The van der Waals surface area contributed by atoms with Gasteiger partial charge in [0.2, 0.25) is 5.91 Å². The van der Waals surface area contributed by atoms with Gasteiger partial charge < -0.3 is 15.8 Å². The molecule has 1 saturated carbocycles. The zero-order valence-electron chi connectivity index (χ0n) is 13.4. The third kappa shape index (κ3) is 5.24. The summed E-state index contributed by atoms with van der Waals surface area (Å²) in [7, 11) is 0. The van der Waals surface area contributed by atoms with Crippen molar-refractivity contribution in [3.8, 4) is 0 Å². The van der Waals surface area contributed by atoms with Gasteiger partial charge in [0.05, 0.1) is 13.2 Å². The molecular weight excluding hydrogens is 266 g/mol. The smallest absolute Gasteiger partial charge is 0.220 e. The summed E-state index contributed by atoms with van der Waals surface area (Å²) in [6.07, 6.45) is 6.53. The number of rotatable bonds is 6. The SMILES string of the molecule is CC(CN1CCOCC1)NC(=O)CC1(CN)CCCCC1. The van der Waals surface area contributed by atoms with Gasteiger partial charge in [0.1, 0.15) is 0 Å². The molecule has 5 heteroatoms. The minimum absolute atomic E-state index is 0.0566. The molecule has 0 radical (unpaired) electrons. The van der Waals surface area contributed by atoms with Gasteiger partial charge in [-0.05, 0) is 31.7 Å². The molecule has 0 spiro atoms. The molecule has 2 aliphatic rings. The number of nitrogens with one attached hydrogen (secondary N) is 1. The Kier molecular flexibility index (Phi) is 6.45. The quantitative estimate of drug-likeness (QED) is 0.771. The predicted molar refractivity (Wildman–Crippen MR) is 84.1 cm³/mol. The lowest BCUT2D eigenvalue weighted by Gasteiger charge is -2.36. The molecule has 1 saturated heterocycles. The highest BCUT2D eigenvalue weighted by Crippen LogP contribution is 2.38. The average molecular weight is 297 g/mol. The Morgan fingerprint density at radius 1 is 1.29 bits per heavy atom. The first-order valence-corrected chi connectivity index (χ1v) is 8.43. The van der Waals surface area contributed by atoms with Crippen LogP contribution in [0.25, 0.3) is 0 Å². The fourth-order valence-electron chi connectivity index (χ4n) is 3.64. The lowest BCUT2D eigenvalue weighted by Crippen LogP contribution is -2.47. The average Bonchev–Trinajstić information content (AvgIpc) is 2.48.